The molecule has 92 valence electrons. The molecule has 4 nitrogen and oxygen atoms in total. The van der Waals surface area contributed by atoms with Crippen LogP contribution in [0.25, 0.3) is 0 Å². The normalized spacial score (nSPS) is 26.5. The molecule has 16 heavy (non-hydrogen) atoms. The maximum Gasteiger partial charge on any atom is 0.309 e. The molecular formula is C12H21NO3. The van der Waals surface area contributed by atoms with Crippen LogP contribution in [0.15, 0.2) is 0 Å². The van der Waals surface area contributed by atoms with Crippen molar-refractivity contribution in [3.8, 4) is 0 Å². The van der Waals surface area contributed by atoms with E-state index in [0.717, 1.165) is 58.4 Å². The summed E-state index contributed by atoms with van der Waals surface area (Å²) >= 11 is 0. The second kappa shape index (κ2) is 5.15. The Labute approximate surface area is 96.4 Å². The maximum absolute atomic E-state index is 11.5. The average Bonchev–Trinajstić information content (AvgIpc) is 2.31. The average molecular weight is 227 g/mol. The van der Waals surface area contributed by atoms with Crippen molar-refractivity contribution in [1.29, 1.82) is 0 Å². The lowest BCUT2D eigenvalue weighted by Gasteiger charge is -2.37. The Bertz CT molecular complexity index is 243. The lowest BCUT2D eigenvalue weighted by Crippen LogP contribution is -2.43. The predicted octanol–water partition coefficient (Wildman–Crippen LogP) is 1.26. The van der Waals surface area contributed by atoms with Gasteiger partial charge in [-0.3, -0.25) is 4.79 Å². The van der Waals surface area contributed by atoms with Crippen LogP contribution in [0.4, 0.5) is 0 Å². The van der Waals surface area contributed by atoms with Crippen molar-refractivity contribution in [3.63, 3.8) is 0 Å². The number of carbonyl (C=O) groups is 1. The van der Waals surface area contributed by atoms with Gasteiger partial charge in [-0.25, -0.2) is 0 Å². The Morgan fingerprint density at radius 3 is 2.50 bits per heavy atom. The van der Waals surface area contributed by atoms with E-state index >= 15 is 0 Å². The Morgan fingerprint density at radius 1 is 1.31 bits per heavy atom. The van der Waals surface area contributed by atoms with Gasteiger partial charge in [0.15, 0.2) is 0 Å². The van der Waals surface area contributed by atoms with Crippen molar-refractivity contribution in [2.75, 3.05) is 26.3 Å². The largest absolute Gasteiger partial charge is 0.481 e. The molecule has 2 fully saturated rings. The molecule has 0 radical (unpaired) electrons. The van der Waals surface area contributed by atoms with Crippen molar-refractivity contribution >= 4 is 5.97 Å². The molecule has 2 aliphatic rings. The van der Waals surface area contributed by atoms with Gasteiger partial charge in [0.1, 0.15) is 0 Å². The van der Waals surface area contributed by atoms with E-state index in [2.05, 4.69) is 5.32 Å². The summed E-state index contributed by atoms with van der Waals surface area (Å²) in [5, 5.41) is 12.7. The van der Waals surface area contributed by atoms with E-state index in [1.165, 1.54) is 0 Å². The minimum absolute atomic E-state index is 0.465. The van der Waals surface area contributed by atoms with Gasteiger partial charge in [0.25, 0.3) is 0 Å². The van der Waals surface area contributed by atoms with Crippen LogP contribution in [0.3, 0.4) is 0 Å². The number of aliphatic carboxylic acids is 1. The fourth-order valence-corrected chi connectivity index (χ4v) is 2.91. The molecule has 2 heterocycles. The van der Waals surface area contributed by atoms with Gasteiger partial charge in [0, 0.05) is 13.2 Å². The zero-order valence-electron chi connectivity index (χ0n) is 9.71. The van der Waals surface area contributed by atoms with Crippen molar-refractivity contribution < 1.29 is 14.6 Å². The lowest BCUT2D eigenvalue weighted by molar-refractivity contribution is -0.152. The van der Waals surface area contributed by atoms with Crippen LogP contribution in [0.2, 0.25) is 0 Å². The molecular weight excluding hydrogens is 206 g/mol. The number of piperidine rings is 1. The van der Waals surface area contributed by atoms with E-state index < -0.39 is 11.4 Å². The Kier molecular flexibility index (Phi) is 3.82. The van der Waals surface area contributed by atoms with Gasteiger partial charge in [-0.15, -0.1) is 0 Å². The highest BCUT2D eigenvalue weighted by Gasteiger charge is 2.41. The summed E-state index contributed by atoms with van der Waals surface area (Å²) in [5.74, 6) is -0.0524. The monoisotopic (exact) mass is 227 g/mol. The minimum atomic E-state index is -0.597. The van der Waals surface area contributed by atoms with E-state index in [-0.39, 0.29) is 0 Å². The third-order valence-corrected chi connectivity index (χ3v) is 4.03. The van der Waals surface area contributed by atoms with Crippen LogP contribution in [-0.2, 0) is 9.53 Å². The highest BCUT2D eigenvalue weighted by molar-refractivity contribution is 5.74. The fourth-order valence-electron chi connectivity index (χ4n) is 2.91. The number of rotatable bonds is 3. The lowest BCUT2D eigenvalue weighted by atomic mass is 9.71. The molecule has 2 N–H and O–H groups in total. The van der Waals surface area contributed by atoms with E-state index in [1.807, 2.05) is 0 Å². The smallest absolute Gasteiger partial charge is 0.309 e. The van der Waals surface area contributed by atoms with Crippen LogP contribution < -0.4 is 5.32 Å². The van der Waals surface area contributed by atoms with Crippen LogP contribution in [0.1, 0.15) is 32.1 Å². The van der Waals surface area contributed by atoms with Crippen LogP contribution >= 0.6 is 0 Å². The van der Waals surface area contributed by atoms with E-state index in [0.29, 0.717) is 5.92 Å². The molecule has 0 amide bonds. The quantitative estimate of drug-likeness (QED) is 0.762. The van der Waals surface area contributed by atoms with Gasteiger partial charge in [0.05, 0.1) is 5.41 Å². The molecule has 0 aromatic heterocycles. The second-order valence-corrected chi connectivity index (χ2v) is 5.10. The molecule has 4 heteroatoms. The summed E-state index contributed by atoms with van der Waals surface area (Å²) in [5.41, 5.74) is -0.465. The molecule has 0 spiro atoms. The van der Waals surface area contributed by atoms with Gasteiger partial charge in [-0.05, 0) is 51.1 Å². The van der Waals surface area contributed by atoms with Gasteiger partial charge in [-0.2, -0.15) is 0 Å². The standard InChI is InChI=1S/C12H21NO3/c14-11(15)12(3-5-13-6-4-12)9-10-1-7-16-8-2-10/h10,13H,1-9H2,(H,14,15). The molecule has 0 saturated carbocycles. The molecule has 0 aromatic carbocycles. The Balaban J connectivity index is 1.98. The number of nitrogens with one attached hydrogen (secondary N) is 1. The highest BCUT2D eigenvalue weighted by Crippen LogP contribution is 2.38. The third-order valence-electron chi connectivity index (χ3n) is 4.03. The zero-order valence-corrected chi connectivity index (χ0v) is 9.71. The van der Waals surface area contributed by atoms with E-state index in [4.69, 9.17) is 4.74 Å². The number of carboxylic acids is 1. The van der Waals surface area contributed by atoms with Gasteiger partial charge in [-0.1, -0.05) is 0 Å². The van der Waals surface area contributed by atoms with Crippen molar-refractivity contribution in [2.45, 2.75) is 32.1 Å². The SMILES string of the molecule is O=C(O)C1(CC2CCOCC2)CCNCC1. The molecule has 2 saturated heterocycles. The Hall–Kier alpha value is -0.610. The number of ether oxygens (including phenoxy) is 1. The molecule has 0 aromatic rings. The van der Waals surface area contributed by atoms with E-state index in [1.54, 1.807) is 0 Å². The molecule has 0 atom stereocenters. The van der Waals surface area contributed by atoms with Gasteiger partial charge in [0.2, 0.25) is 0 Å². The molecule has 0 unspecified atom stereocenters. The van der Waals surface area contributed by atoms with Crippen LogP contribution in [0.5, 0.6) is 0 Å². The predicted molar refractivity (Wildman–Crippen MR) is 60.3 cm³/mol. The van der Waals surface area contributed by atoms with Gasteiger partial charge >= 0.3 is 5.97 Å². The maximum atomic E-state index is 11.5. The van der Waals surface area contributed by atoms with E-state index in [9.17, 15) is 9.90 Å². The third kappa shape index (κ3) is 2.55. The molecule has 2 aliphatic heterocycles. The second-order valence-electron chi connectivity index (χ2n) is 5.10. The summed E-state index contributed by atoms with van der Waals surface area (Å²) in [6.07, 6.45) is 4.46. The first-order chi connectivity index (χ1) is 7.73. The topological polar surface area (TPSA) is 58.6 Å². The minimum Gasteiger partial charge on any atom is -0.481 e. The summed E-state index contributed by atoms with van der Waals surface area (Å²) in [6.45, 7) is 3.29. The number of carboxylic acid groups (broad SMARTS) is 1. The van der Waals surface area contributed by atoms with Crippen molar-refractivity contribution in [2.24, 2.45) is 11.3 Å². The van der Waals surface area contributed by atoms with Crippen LogP contribution in [-0.4, -0.2) is 37.4 Å². The summed E-state index contributed by atoms with van der Waals surface area (Å²) < 4.78 is 5.32. The van der Waals surface area contributed by atoms with Crippen molar-refractivity contribution in [3.05, 3.63) is 0 Å². The first kappa shape index (κ1) is 11.9. The zero-order chi connectivity index (χ0) is 11.4. The molecule has 0 bridgehead atoms. The Morgan fingerprint density at radius 2 is 1.94 bits per heavy atom. The van der Waals surface area contributed by atoms with Gasteiger partial charge < -0.3 is 15.2 Å². The number of hydrogen-bond donors (Lipinski definition) is 2. The number of hydrogen-bond acceptors (Lipinski definition) is 3. The van der Waals surface area contributed by atoms with Crippen molar-refractivity contribution in [1.82, 2.24) is 5.32 Å². The first-order valence-electron chi connectivity index (χ1n) is 6.25. The fraction of sp³-hybridized carbons (Fsp3) is 0.917. The highest BCUT2D eigenvalue weighted by atomic mass is 16.5. The summed E-state index contributed by atoms with van der Waals surface area (Å²) in [4.78, 5) is 11.5. The first-order valence-corrected chi connectivity index (χ1v) is 6.25. The summed E-state index contributed by atoms with van der Waals surface area (Å²) in [7, 11) is 0. The van der Waals surface area contributed by atoms with Crippen LogP contribution in [0, 0.1) is 11.3 Å². The molecule has 0 aliphatic carbocycles. The summed E-state index contributed by atoms with van der Waals surface area (Å²) in [6, 6.07) is 0. The molecule has 2 rings (SSSR count).